The minimum Gasteiger partial charge on any atom is -0.486 e. The van der Waals surface area contributed by atoms with E-state index < -0.39 is 0 Å². The van der Waals surface area contributed by atoms with E-state index in [-0.39, 0.29) is 5.91 Å². The summed E-state index contributed by atoms with van der Waals surface area (Å²) < 4.78 is 11.1. The average molecular weight is 381 g/mol. The quantitative estimate of drug-likeness (QED) is 0.709. The summed E-state index contributed by atoms with van der Waals surface area (Å²) in [6, 6.07) is 13.0. The third kappa shape index (κ3) is 3.08. The second kappa shape index (κ2) is 6.43. The van der Waals surface area contributed by atoms with Gasteiger partial charge in [-0.2, -0.15) is 0 Å². The Morgan fingerprint density at radius 1 is 1.07 bits per heavy atom. The zero-order valence-electron chi connectivity index (χ0n) is 14.5. The predicted molar refractivity (Wildman–Crippen MR) is 104 cm³/mol. The highest BCUT2D eigenvalue weighted by Crippen LogP contribution is 2.41. The molecular formula is C21H17ClN2O3. The second-order valence-corrected chi connectivity index (χ2v) is 7.22. The van der Waals surface area contributed by atoms with Crippen LogP contribution in [0, 0.1) is 0 Å². The number of halogens is 1. The van der Waals surface area contributed by atoms with E-state index in [0.717, 1.165) is 29.4 Å². The number of amides is 1. The van der Waals surface area contributed by atoms with Gasteiger partial charge in [0, 0.05) is 29.1 Å². The number of ether oxygens (including phenoxy) is 2. The van der Waals surface area contributed by atoms with E-state index in [1.54, 1.807) is 12.1 Å². The summed E-state index contributed by atoms with van der Waals surface area (Å²) in [6.45, 7) is 0.962. The van der Waals surface area contributed by atoms with Gasteiger partial charge in [0.05, 0.1) is 21.8 Å². The lowest BCUT2D eigenvalue weighted by atomic mass is 10.1. The van der Waals surface area contributed by atoms with E-state index in [4.69, 9.17) is 26.1 Å². The number of hydrogen-bond acceptors (Lipinski definition) is 4. The van der Waals surface area contributed by atoms with E-state index in [9.17, 15) is 4.79 Å². The monoisotopic (exact) mass is 380 g/mol. The molecule has 3 aromatic rings. The summed E-state index contributed by atoms with van der Waals surface area (Å²) in [6.07, 6.45) is 2.25. The predicted octanol–water partition coefficient (Wildman–Crippen LogP) is 4.79. The highest BCUT2D eigenvalue weighted by molar-refractivity contribution is 6.34. The third-order valence-electron chi connectivity index (χ3n) is 4.86. The van der Waals surface area contributed by atoms with Crippen molar-refractivity contribution in [2.24, 2.45) is 0 Å². The number of anilines is 1. The second-order valence-electron chi connectivity index (χ2n) is 6.82. The van der Waals surface area contributed by atoms with Crippen LogP contribution in [0.2, 0.25) is 5.02 Å². The molecule has 2 aromatic carbocycles. The molecule has 2 aliphatic rings. The van der Waals surface area contributed by atoms with E-state index in [0.29, 0.717) is 46.9 Å². The van der Waals surface area contributed by atoms with Gasteiger partial charge in [0.15, 0.2) is 11.5 Å². The third-order valence-corrected chi connectivity index (χ3v) is 5.17. The molecule has 0 spiro atoms. The largest absolute Gasteiger partial charge is 0.486 e. The molecule has 136 valence electrons. The standard InChI is InChI=1S/C21H17ClN2O3/c22-15-10-19-20(27-8-7-26-19)11-18(15)24-21(25)14-9-17(12-5-6-12)23-16-4-2-1-3-13(14)16/h1-4,9-12H,5-8H2,(H,24,25). The minimum absolute atomic E-state index is 0.214. The fourth-order valence-electron chi connectivity index (χ4n) is 3.32. The molecule has 0 radical (unpaired) electrons. The van der Waals surface area contributed by atoms with Crippen molar-refractivity contribution in [2.45, 2.75) is 18.8 Å². The van der Waals surface area contributed by atoms with Crippen LogP contribution in [0.3, 0.4) is 0 Å². The fourth-order valence-corrected chi connectivity index (χ4v) is 3.52. The first-order valence-corrected chi connectivity index (χ1v) is 9.37. The molecular weight excluding hydrogens is 364 g/mol. The average Bonchev–Trinajstić information content (AvgIpc) is 3.53. The summed E-state index contributed by atoms with van der Waals surface area (Å²) in [4.78, 5) is 17.8. The Bertz CT molecular complexity index is 1060. The van der Waals surface area contributed by atoms with Gasteiger partial charge in [-0.15, -0.1) is 0 Å². The van der Waals surface area contributed by atoms with E-state index in [2.05, 4.69) is 5.32 Å². The first-order valence-electron chi connectivity index (χ1n) is 8.99. The van der Waals surface area contributed by atoms with Crippen LogP contribution in [0.1, 0.15) is 34.8 Å². The lowest BCUT2D eigenvalue weighted by Crippen LogP contribution is -2.17. The lowest BCUT2D eigenvalue weighted by Gasteiger charge is -2.20. The van der Waals surface area contributed by atoms with E-state index in [1.165, 1.54) is 0 Å². The molecule has 6 heteroatoms. The Labute approximate surface area is 161 Å². The van der Waals surface area contributed by atoms with E-state index in [1.807, 2.05) is 30.3 Å². The van der Waals surface area contributed by atoms with Crippen LogP contribution >= 0.6 is 11.6 Å². The first kappa shape index (κ1) is 16.4. The molecule has 0 unspecified atom stereocenters. The van der Waals surface area contributed by atoms with Crippen LogP contribution in [0.4, 0.5) is 5.69 Å². The van der Waals surface area contributed by atoms with Gasteiger partial charge in [-0.1, -0.05) is 29.8 Å². The van der Waals surface area contributed by atoms with Crippen LogP contribution in [-0.4, -0.2) is 24.1 Å². The number of benzene rings is 2. The number of fused-ring (bicyclic) bond motifs is 2. The van der Waals surface area contributed by atoms with Gasteiger partial charge >= 0.3 is 0 Å². The van der Waals surface area contributed by atoms with Crippen LogP contribution in [-0.2, 0) is 0 Å². The summed E-state index contributed by atoms with van der Waals surface area (Å²) in [5.41, 5.74) is 2.92. The van der Waals surface area contributed by atoms with Crippen LogP contribution in [0.25, 0.3) is 10.9 Å². The molecule has 1 aliphatic heterocycles. The van der Waals surface area contributed by atoms with Gasteiger partial charge in [0.25, 0.3) is 5.91 Å². The lowest BCUT2D eigenvalue weighted by molar-refractivity contribution is 0.102. The highest BCUT2D eigenvalue weighted by Gasteiger charge is 2.27. The highest BCUT2D eigenvalue weighted by atomic mass is 35.5. The van der Waals surface area contributed by atoms with Gasteiger partial charge in [0.1, 0.15) is 13.2 Å². The fraction of sp³-hybridized carbons (Fsp3) is 0.238. The van der Waals surface area contributed by atoms with Crippen molar-refractivity contribution in [1.29, 1.82) is 0 Å². The van der Waals surface area contributed by atoms with Gasteiger partial charge in [-0.05, 0) is 25.0 Å². The number of aromatic nitrogens is 1. The number of nitrogens with zero attached hydrogens (tertiary/aromatic N) is 1. The maximum Gasteiger partial charge on any atom is 0.256 e. The molecule has 0 saturated heterocycles. The maximum absolute atomic E-state index is 13.1. The Morgan fingerprint density at radius 3 is 2.59 bits per heavy atom. The minimum atomic E-state index is -0.214. The molecule has 1 aromatic heterocycles. The Morgan fingerprint density at radius 2 is 1.81 bits per heavy atom. The van der Waals surface area contributed by atoms with Crippen molar-refractivity contribution in [3.8, 4) is 11.5 Å². The van der Waals surface area contributed by atoms with Gasteiger partial charge < -0.3 is 14.8 Å². The topological polar surface area (TPSA) is 60.5 Å². The summed E-state index contributed by atoms with van der Waals surface area (Å²) >= 11 is 6.34. The van der Waals surface area contributed by atoms with Crippen molar-refractivity contribution in [3.05, 3.63) is 58.7 Å². The summed E-state index contributed by atoms with van der Waals surface area (Å²) in [5, 5.41) is 4.16. The van der Waals surface area contributed by atoms with Crippen molar-refractivity contribution in [2.75, 3.05) is 18.5 Å². The smallest absolute Gasteiger partial charge is 0.256 e. The maximum atomic E-state index is 13.1. The normalized spacial score (nSPS) is 15.6. The number of hydrogen-bond donors (Lipinski definition) is 1. The Kier molecular flexibility index (Phi) is 3.90. The van der Waals surface area contributed by atoms with Crippen LogP contribution < -0.4 is 14.8 Å². The van der Waals surface area contributed by atoms with Crippen LogP contribution in [0.15, 0.2) is 42.5 Å². The van der Waals surface area contributed by atoms with E-state index >= 15 is 0 Å². The first-order chi connectivity index (χ1) is 13.2. The molecule has 1 fully saturated rings. The SMILES string of the molecule is O=C(Nc1cc2c(cc1Cl)OCCO2)c1cc(C2CC2)nc2ccccc12. The van der Waals surface area contributed by atoms with Gasteiger partial charge in [-0.3, -0.25) is 9.78 Å². The Balaban J connectivity index is 1.53. The Hall–Kier alpha value is -2.79. The van der Waals surface area contributed by atoms with Crippen LogP contribution in [0.5, 0.6) is 11.5 Å². The van der Waals surface area contributed by atoms with Gasteiger partial charge in [-0.25, -0.2) is 0 Å². The summed E-state index contributed by atoms with van der Waals surface area (Å²) in [5.74, 6) is 1.42. The number of para-hydroxylation sites is 1. The number of rotatable bonds is 3. The molecule has 1 amide bonds. The summed E-state index contributed by atoms with van der Waals surface area (Å²) in [7, 11) is 0. The zero-order valence-corrected chi connectivity index (χ0v) is 15.3. The molecule has 5 nitrogen and oxygen atoms in total. The molecule has 1 saturated carbocycles. The molecule has 2 heterocycles. The molecule has 27 heavy (non-hydrogen) atoms. The molecule has 1 aliphatic carbocycles. The van der Waals surface area contributed by atoms with Crippen molar-refractivity contribution in [1.82, 2.24) is 4.98 Å². The zero-order chi connectivity index (χ0) is 18.4. The van der Waals surface area contributed by atoms with Crippen molar-refractivity contribution < 1.29 is 14.3 Å². The molecule has 0 atom stereocenters. The van der Waals surface area contributed by atoms with Crippen molar-refractivity contribution in [3.63, 3.8) is 0 Å². The number of pyridine rings is 1. The number of carbonyl (C=O) groups excluding carboxylic acids is 1. The molecule has 1 N–H and O–H groups in total. The number of nitrogens with one attached hydrogen (secondary N) is 1. The van der Waals surface area contributed by atoms with Crippen molar-refractivity contribution >= 4 is 34.1 Å². The number of carbonyl (C=O) groups is 1. The van der Waals surface area contributed by atoms with Gasteiger partial charge in [0.2, 0.25) is 0 Å². The molecule has 5 rings (SSSR count). The molecule has 0 bridgehead atoms.